The molecule has 0 atom stereocenters. The van der Waals surface area contributed by atoms with Gasteiger partial charge in [-0.05, 0) is 25.3 Å². The van der Waals surface area contributed by atoms with Gasteiger partial charge in [0, 0.05) is 13.6 Å². The lowest BCUT2D eigenvalue weighted by molar-refractivity contribution is -0.138. The van der Waals surface area contributed by atoms with Gasteiger partial charge in [-0.15, -0.1) is 12.4 Å². The highest BCUT2D eigenvalue weighted by molar-refractivity contribution is 5.89. The maximum atomic E-state index is 11.2. The van der Waals surface area contributed by atoms with Crippen molar-refractivity contribution in [1.29, 1.82) is 0 Å². The molecule has 0 saturated heterocycles. The molecule has 0 fully saturated rings. The van der Waals surface area contributed by atoms with Crippen molar-refractivity contribution in [2.45, 2.75) is 6.92 Å². The second kappa shape index (κ2) is 5.65. The fourth-order valence-corrected chi connectivity index (χ4v) is 1.04. The molecule has 0 saturated carbocycles. The smallest absolute Gasteiger partial charge is 0.335 e. The molecular weight excluding hydrogens is 190 g/mol. The fourth-order valence-electron chi connectivity index (χ4n) is 1.04. The first-order valence-electron chi connectivity index (χ1n) is 3.98. The van der Waals surface area contributed by atoms with Crippen LogP contribution in [0.5, 0.6) is 0 Å². The topological polar surface area (TPSA) is 29.5 Å². The highest BCUT2D eigenvalue weighted by Crippen LogP contribution is 2.06. The van der Waals surface area contributed by atoms with Gasteiger partial charge in [0.05, 0.1) is 12.2 Å². The normalized spacial score (nSPS) is 14.6. The van der Waals surface area contributed by atoms with Gasteiger partial charge in [0.2, 0.25) is 0 Å². The van der Waals surface area contributed by atoms with Gasteiger partial charge < -0.3 is 9.64 Å². The first-order chi connectivity index (χ1) is 5.74. The quantitative estimate of drug-likeness (QED) is 0.635. The Morgan fingerprint density at radius 2 is 2.38 bits per heavy atom. The molecule has 0 unspecified atom stereocenters. The molecule has 3 nitrogen and oxygen atoms in total. The number of rotatable bonds is 2. The van der Waals surface area contributed by atoms with Crippen LogP contribution in [0, 0.1) is 0 Å². The molecule has 1 aliphatic rings. The molecule has 0 aliphatic carbocycles. The molecule has 0 aromatic heterocycles. The number of hydrogen-bond acceptors (Lipinski definition) is 3. The Balaban J connectivity index is 0.00000144. The number of esters is 1. The van der Waals surface area contributed by atoms with Crippen LogP contribution in [-0.2, 0) is 9.53 Å². The van der Waals surface area contributed by atoms with E-state index in [0.29, 0.717) is 18.7 Å². The summed E-state index contributed by atoms with van der Waals surface area (Å²) in [4.78, 5) is 13.1. The largest absolute Gasteiger partial charge is 0.463 e. The summed E-state index contributed by atoms with van der Waals surface area (Å²) in [7, 11) is 1.92. The monoisotopic (exact) mass is 203 g/mol. The third kappa shape index (κ3) is 3.51. The van der Waals surface area contributed by atoms with Gasteiger partial charge in [-0.1, -0.05) is 0 Å². The number of likely N-dealkylation sites (N-methyl/N-ethyl adjacent to an activating group) is 1. The highest BCUT2D eigenvalue weighted by Gasteiger charge is 2.12. The van der Waals surface area contributed by atoms with Crippen molar-refractivity contribution < 1.29 is 9.53 Å². The number of halogens is 1. The van der Waals surface area contributed by atoms with E-state index >= 15 is 0 Å². The van der Waals surface area contributed by atoms with Crippen LogP contribution in [0.25, 0.3) is 0 Å². The van der Waals surface area contributed by atoms with Crippen LogP contribution < -0.4 is 0 Å². The Kier molecular flexibility index (Phi) is 5.23. The molecule has 0 spiro atoms. The molecule has 0 bridgehead atoms. The Morgan fingerprint density at radius 3 is 2.92 bits per heavy atom. The predicted molar refractivity (Wildman–Crippen MR) is 53.7 cm³/mol. The summed E-state index contributed by atoms with van der Waals surface area (Å²) in [5, 5.41) is 0. The Morgan fingerprint density at radius 1 is 1.69 bits per heavy atom. The zero-order chi connectivity index (χ0) is 8.97. The summed E-state index contributed by atoms with van der Waals surface area (Å²) >= 11 is 0. The molecule has 13 heavy (non-hydrogen) atoms. The molecule has 0 aromatic rings. The average molecular weight is 204 g/mol. The molecule has 0 radical (unpaired) electrons. The summed E-state index contributed by atoms with van der Waals surface area (Å²) in [5.74, 6) is -0.214. The first-order valence-corrected chi connectivity index (χ1v) is 3.98. The Labute approximate surface area is 84.5 Å². The zero-order valence-corrected chi connectivity index (χ0v) is 8.63. The SMILES string of the molecule is CCOC(=O)C1=CC=CN(C)C1.Cl. The summed E-state index contributed by atoms with van der Waals surface area (Å²) in [6.07, 6.45) is 5.55. The van der Waals surface area contributed by atoms with Crippen molar-refractivity contribution in [1.82, 2.24) is 4.90 Å². The molecule has 74 valence electrons. The van der Waals surface area contributed by atoms with Crippen LogP contribution in [0.3, 0.4) is 0 Å². The second-order valence-electron chi connectivity index (χ2n) is 2.67. The van der Waals surface area contributed by atoms with Crippen molar-refractivity contribution in [3.05, 3.63) is 23.9 Å². The second-order valence-corrected chi connectivity index (χ2v) is 2.67. The van der Waals surface area contributed by atoms with E-state index < -0.39 is 0 Å². The average Bonchev–Trinajstić information content (AvgIpc) is 2.05. The number of nitrogens with zero attached hydrogens (tertiary/aromatic N) is 1. The number of hydrogen-bond donors (Lipinski definition) is 0. The van der Waals surface area contributed by atoms with Crippen LogP contribution in [0.2, 0.25) is 0 Å². The van der Waals surface area contributed by atoms with E-state index in [1.54, 1.807) is 13.0 Å². The van der Waals surface area contributed by atoms with Gasteiger partial charge >= 0.3 is 5.97 Å². The minimum absolute atomic E-state index is 0. The van der Waals surface area contributed by atoms with Crippen molar-refractivity contribution in [3.63, 3.8) is 0 Å². The van der Waals surface area contributed by atoms with Gasteiger partial charge in [0.1, 0.15) is 0 Å². The third-order valence-electron chi connectivity index (χ3n) is 1.60. The number of carbonyl (C=O) groups is 1. The van der Waals surface area contributed by atoms with E-state index in [9.17, 15) is 4.79 Å². The van der Waals surface area contributed by atoms with Crippen molar-refractivity contribution in [3.8, 4) is 0 Å². The maximum Gasteiger partial charge on any atom is 0.335 e. The molecule has 1 rings (SSSR count). The van der Waals surface area contributed by atoms with E-state index in [1.807, 2.05) is 24.2 Å². The number of allylic oxidation sites excluding steroid dienone is 2. The zero-order valence-electron chi connectivity index (χ0n) is 7.82. The Hall–Kier alpha value is -0.960. The van der Waals surface area contributed by atoms with Crippen molar-refractivity contribution >= 4 is 18.4 Å². The van der Waals surface area contributed by atoms with Gasteiger partial charge in [-0.25, -0.2) is 4.79 Å². The fraction of sp³-hybridized carbons (Fsp3) is 0.444. The molecule has 0 amide bonds. The van der Waals surface area contributed by atoms with Crippen LogP contribution in [0.1, 0.15) is 6.92 Å². The van der Waals surface area contributed by atoms with E-state index in [0.717, 1.165) is 0 Å². The first kappa shape index (κ1) is 12.0. The van der Waals surface area contributed by atoms with Gasteiger partial charge in [0.25, 0.3) is 0 Å². The van der Waals surface area contributed by atoms with Gasteiger partial charge in [0.15, 0.2) is 0 Å². The minimum atomic E-state index is -0.214. The molecule has 4 heteroatoms. The minimum Gasteiger partial charge on any atom is -0.463 e. The van der Waals surface area contributed by atoms with Gasteiger partial charge in [-0.2, -0.15) is 0 Å². The van der Waals surface area contributed by atoms with E-state index in [4.69, 9.17) is 4.74 Å². The van der Waals surface area contributed by atoms with E-state index in [-0.39, 0.29) is 18.4 Å². The van der Waals surface area contributed by atoms with Crippen molar-refractivity contribution in [2.24, 2.45) is 0 Å². The van der Waals surface area contributed by atoms with E-state index in [1.165, 1.54) is 0 Å². The van der Waals surface area contributed by atoms with Crippen LogP contribution >= 0.6 is 12.4 Å². The summed E-state index contributed by atoms with van der Waals surface area (Å²) in [6.45, 7) is 2.87. The lowest BCUT2D eigenvalue weighted by Crippen LogP contribution is -2.22. The maximum absolute atomic E-state index is 11.2. The summed E-state index contributed by atoms with van der Waals surface area (Å²) < 4.78 is 4.86. The van der Waals surface area contributed by atoms with E-state index in [2.05, 4.69) is 0 Å². The number of carbonyl (C=O) groups excluding carboxylic acids is 1. The lowest BCUT2D eigenvalue weighted by Gasteiger charge is -2.18. The van der Waals surface area contributed by atoms with Crippen LogP contribution in [-0.4, -0.2) is 31.1 Å². The molecular formula is C9H14ClNO2. The number of ether oxygens (including phenoxy) is 1. The van der Waals surface area contributed by atoms with Crippen LogP contribution in [0.4, 0.5) is 0 Å². The standard InChI is InChI=1S/C9H13NO2.ClH/c1-3-12-9(11)8-5-4-6-10(2)7-8;/h4-6H,3,7H2,1-2H3;1H. The summed E-state index contributed by atoms with van der Waals surface area (Å²) in [5.41, 5.74) is 0.710. The van der Waals surface area contributed by atoms with Crippen molar-refractivity contribution in [2.75, 3.05) is 20.2 Å². The summed E-state index contributed by atoms with van der Waals surface area (Å²) in [6, 6.07) is 0. The molecule has 1 aliphatic heterocycles. The molecule has 1 heterocycles. The predicted octanol–water partition coefficient (Wildman–Crippen LogP) is 1.36. The van der Waals surface area contributed by atoms with Crippen LogP contribution in [0.15, 0.2) is 23.9 Å². The molecule has 0 aromatic carbocycles. The molecule has 0 N–H and O–H groups in total. The third-order valence-corrected chi connectivity index (χ3v) is 1.60. The highest BCUT2D eigenvalue weighted by atomic mass is 35.5. The lowest BCUT2D eigenvalue weighted by atomic mass is 10.2. The Bertz CT molecular complexity index is 236. The van der Waals surface area contributed by atoms with Gasteiger partial charge in [-0.3, -0.25) is 0 Å².